The van der Waals surface area contributed by atoms with E-state index in [0.29, 0.717) is 31.9 Å². The quantitative estimate of drug-likeness (QED) is 0.262. The van der Waals surface area contributed by atoms with Gasteiger partial charge in [0.05, 0.1) is 6.61 Å². The molecule has 32 heavy (non-hydrogen) atoms. The maximum Gasteiger partial charge on any atom is 0.328 e. The smallest absolute Gasteiger partial charge is 0.328 e. The Morgan fingerprint density at radius 2 is 1.56 bits per heavy atom. The second kappa shape index (κ2) is 14.4. The number of carbonyl (C=O) groups is 2. The number of nitrogens with one attached hydrogen (secondary N) is 1. The third-order valence-electron chi connectivity index (χ3n) is 4.05. The van der Waals surface area contributed by atoms with Crippen LogP contribution in [0.15, 0.2) is 36.4 Å². The molecule has 0 bridgehead atoms. The van der Waals surface area contributed by atoms with Crippen LogP contribution in [0.4, 0.5) is 0 Å². The topological polar surface area (TPSA) is 135 Å². The van der Waals surface area contributed by atoms with Gasteiger partial charge >= 0.3 is 11.9 Å². The predicted octanol–water partition coefficient (Wildman–Crippen LogP) is 2.33. The fraction of sp³-hybridized carbons (Fsp3) is 0.565. The molecule has 9 nitrogen and oxygen atoms in total. The molecular weight excluding hydrogens is 418 g/mol. The summed E-state index contributed by atoms with van der Waals surface area (Å²) >= 11 is 0. The molecule has 180 valence electrons. The minimum Gasteiger partial charge on any atom is -0.491 e. The van der Waals surface area contributed by atoms with Crippen LogP contribution in [0.2, 0.25) is 0 Å². The Labute approximate surface area is 189 Å². The Balaban J connectivity index is 0.000000547. The van der Waals surface area contributed by atoms with Gasteiger partial charge in [0, 0.05) is 30.8 Å². The normalized spacial score (nSPS) is 14.4. The summed E-state index contributed by atoms with van der Waals surface area (Å²) in [5, 5.41) is 28.8. The van der Waals surface area contributed by atoms with Gasteiger partial charge in [-0.15, -0.1) is 0 Å². The number of benzene rings is 1. The molecule has 0 amide bonds. The monoisotopic (exact) mass is 453 g/mol. The van der Waals surface area contributed by atoms with Gasteiger partial charge in [-0.2, -0.15) is 0 Å². The van der Waals surface area contributed by atoms with E-state index in [1.165, 1.54) is 12.8 Å². The van der Waals surface area contributed by atoms with Gasteiger partial charge in [0.15, 0.2) is 0 Å². The summed E-state index contributed by atoms with van der Waals surface area (Å²) < 4.78 is 16.8. The second-order valence-electron chi connectivity index (χ2n) is 8.44. The van der Waals surface area contributed by atoms with Gasteiger partial charge in [-0.1, -0.05) is 0 Å². The zero-order valence-electron chi connectivity index (χ0n) is 19.0. The van der Waals surface area contributed by atoms with Gasteiger partial charge in [-0.05, 0) is 63.8 Å². The van der Waals surface area contributed by atoms with Crippen molar-refractivity contribution in [2.24, 2.45) is 5.92 Å². The lowest BCUT2D eigenvalue weighted by atomic mass is 10.1. The van der Waals surface area contributed by atoms with Crippen molar-refractivity contribution in [2.75, 3.05) is 33.0 Å². The Morgan fingerprint density at radius 1 is 1.03 bits per heavy atom. The second-order valence-corrected chi connectivity index (χ2v) is 8.44. The van der Waals surface area contributed by atoms with E-state index in [-0.39, 0.29) is 12.1 Å². The van der Waals surface area contributed by atoms with Crippen molar-refractivity contribution in [3.63, 3.8) is 0 Å². The van der Waals surface area contributed by atoms with Crippen LogP contribution in [0, 0.1) is 5.92 Å². The van der Waals surface area contributed by atoms with Crippen LogP contribution in [-0.4, -0.2) is 71.9 Å². The molecular formula is C23H35NO8. The SMILES string of the molecule is CC(C)(C)NCC(O)COc1ccc(OCCOCC2CC2)cc1.O=C(O)/C=C/C(=O)O. The number of hydrogen-bond donors (Lipinski definition) is 4. The first-order valence-electron chi connectivity index (χ1n) is 10.6. The Morgan fingerprint density at radius 3 is 2.03 bits per heavy atom. The summed E-state index contributed by atoms with van der Waals surface area (Å²) in [5.41, 5.74) is -0.0116. The molecule has 1 unspecified atom stereocenters. The van der Waals surface area contributed by atoms with E-state index in [4.69, 9.17) is 24.4 Å². The van der Waals surface area contributed by atoms with Crippen molar-refractivity contribution < 1.29 is 39.1 Å². The summed E-state index contributed by atoms with van der Waals surface area (Å²) in [4.78, 5) is 19.1. The third-order valence-corrected chi connectivity index (χ3v) is 4.05. The van der Waals surface area contributed by atoms with Crippen LogP contribution in [-0.2, 0) is 14.3 Å². The van der Waals surface area contributed by atoms with Gasteiger partial charge in [-0.3, -0.25) is 0 Å². The number of carboxylic acids is 2. The molecule has 2 rings (SSSR count). The van der Waals surface area contributed by atoms with Gasteiger partial charge < -0.3 is 34.8 Å². The Kier molecular flexibility index (Phi) is 12.4. The largest absolute Gasteiger partial charge is 0.491 e. The molecule has 0 spiro atoms. The summed E-state index contributed by atoms with van der Waals surface area (Å²) in [7, 11) is 0. The van der Waals surface area contributed by atoms with Crippen LogP contribution in [0.5, 0.6) is 11.5 Å². The average molecular weight is 454 g/mol. The van der Waals surface area contributed by atoms with Crippen LogP contribution in [0.3, 0.4) is 0 Å². The zero-order valence-corrected chi connectivity index (χ0v) is 19.0. The maximum atomic E-state index is 9.91. The molecule has 1 aliphatic carbocycles. The minimum atomic E-state index is -1.26. The lowest BCUT2D eigenvalue weighted by Crippen LogP contribution is -2.42. The zero-order chi connectivity index (χ0) is 24.0. The van der Waals surface area contributed by atoms with Crippen molar-refractivity contribution in [1.29, 1.82) is 0 Å². The highest BCUT2D eigenvalue weighted by Crippen LogP contribution is 2.28. The average Bonchev–Trinajstić information content (AvgIpc) is 3.54. The van der Waals surface area contributed by atoms with E-state index >= 15 is 0 Å². The number of ether oxygens (including phenoxy) is 3. The Hall–Kier alpha value is -2.62. The first kappa shape index (κ1) is 27.4. The number of carboxylic acid groups (broad SMARTS) is 2. The van der Waals surface area contributed by atoms with E-state index in [2.05, 4.69) is 26.1 Å². The molecule has 0 aromatic heterocycles. The van der Waals surface area contributed by atoms with Crippen molar-refractivity contribution in [1.82, 2.24) is 5.32 Å². The molecule has 1 fully saturated rings. The van der Waals surface area contributed by atoms with Crippen molar-refractivity contribution in [2.45, 2.75) is 45.3 Å². The number of aliphatic hydroxyl groups excluding tert-OH is 1. The number of hydrogen-bond acceptors (Lipinski definition) is 7. The van der Waals surface area contributed by atoms with E-state index in [1.807, 2.05) is 24.3 Å². The molecule has 9 heteroatoms. The summed E-state index contributed by atoms with van der Waals surface area (Å²) in [6.07, 6.45) is 3.20. The van der Waals surface area contributed by atoms with Gasteiger partial charge in [-0.25, -0.2) is 9.59 Å². The minimum absolute atomic E-state index is 0.0116. The lowest BCUT2D eigenvalue weighted by Gasteiger charge is -2.23. The molecule has 0 aliphatic heterocycles. The molecule has 1 aliphatic rings. The fourth-order valence-electron chi connectivity index (χ4n) is 2.20. The van der Waals surface area contributed by atoms with Crippen molar-refractivity contribution in [3.05, 3.63) is 36.4 Å². The molecule has 1 saturated carbocycles. The summed E-state index contributed by atoms with van der Waals surface area (Å²) in [6.45, 7) is 9.01. The van der Waals surface area contributed by atoms with Crippen LogP contribution in [0.1, 0.15) is 33.6 Å². The standard InChI is InChI=1S/C19H31NO4.C4H4O4/c1-19(2,3)20-12-16(21)14-24-18-8-6-17(7-9-18)23-11-10-22-13-15-4-5-15;5-3(6)1-2-4(7)8/h6-9,15-16,20-21H,4-5,10-14H2,1-3H3;1-2H,(H,5,6)(H,7,8)/b;2-1+. The molecule has 1 aromatic rings. The molecule has 0 radical (unpaired) electrons. The van der Waals surface area contributed by atoms with E-state index in [0.717, 1.165) is 24.0 Å². The first-order valence-corrected chi connectivity index (χ1v) is 10.6. The van der Waals surface area contributed by atoms with Gasteiger partial charge in [0.1, 0.15) is 30.8 Å². The number of aliphatic hydroxyl groups is 1. The maximum absolute atomic E-state index is 9.91. The number of β-amino-alcohol motifs (C(OH)–C–C–N with tert-alkyl or cyclic N) is 1. The van der Waals surface area contributed by atoms with Crippen LogP contribution >= 0.6 is 0 Å². The van der Waals surface area contributed by atoms with E-state index in [9.17, 15) is 14.7 Å². The predicted molar refractivity (Wildman–Crippen MR) is 119 cm³/mol. The highest BCUT2D eigenvalue weighted by atomic mass is 16.5. The molecule has 4 N–H and O–H groups in total. The highest BCUT2D eigenvalue weighted by Gasteiger charge is 2.20. The van der Waals surface area contributed by atoms with E-state index < -0.39 is 18.0 Å². The van der Waals surface area contributed by atoms with Crippen molar-refractivity contribution in [3.8, 4) is 11.5 Å². The summed E-state index contributed by atoms with van der Waals surface area (Å²) in [5.74, 6) is -0.204. The lowest BCUT2D eigenvalue weighted by molar-refractivity contribution is -0.134. The molecule has 1 aromatic carbocycles. The molecule has 0 heterocycles. The van der Waals surface area contributed by atoms with Gasteiger partial charge in [0.2, 0.25) is 0 Å². The third kappa shape index (κ3) is 16.1. The first-order chi connectivity index (χ1) is 15.0. The fourth-order valence-corrected chi connectivity index (χ4v) is 2.20. The van der Waals surface area contributed by atoms with Crippen LogP contribution < -0.4 is 14.8 Å². The Bertz CT molecular complexity index is 692. The van der Waals surface area contributed by atoms with Crippen LogP contribution in [0.25, 0.3) is 0 Å². The summed E-state index contributed by atoms with van der Waals surface area (Å²) in [6, 6.07) is 7.45. The number of aliphatic carboxylic acids is 2. The molecule has 0 saturated heterocycles. The number of rotatable bonds is 13. The van der Waals surface area contributed by atoms with Crippen molar-refractivity contribution >= 4 is 11.9 Å². The van der Waals surface area contributed by atoms with Gasteiger partial charge in [0.25, 0.3) is 0 Å². The van der Waals surface area contributed by atoms with E-state index in [1.54, 1.807) is 0 Å². The highest BCUT2D eigenvalue weighted by molar-refractivity contribution is 5.89. The molecule has 1 atom stereocenters.